The Morgan fingerprint density at radius 2 is 2.06 bits per heavy atom. The lowest BCUT2D eigenvalue weighted by molar-refractivity contribution is -0.139. The van der Waals surface area contributed by atoms with Gasteiger partial charge < -0.3 is 15.4 Å². The van der Waals surface area contributed by atoms with E-state index in [1.807, 2.05) is 18.9 Å². The molecule has 0 bridgehead atoms. The molecule has 1 aliphatic heterocycles. The van der Waals surface area contributed by atoms with Gasteiger partial charge in [0.1, 0.15) is 0 Å². The Balaban J connectivity index is 2.16. The van der Waals surface area contributed by atoms with E-state index in [1.165, 1.54) is 0 Å². The van der Waals surface area contributed by atoms with Gasteiger partial charge in [0.05, 0.1) is 22.5 Å². The topological polar surface area (TPSA) is 55.6 Å². The highest BCUT2D eigenvalue weighted by Crippen LogP contribution is 2.40. The van der Waals surface area contributed by atoms with Crippen LogP contribution in [0.1, 0.15) is 39.0 Å². The molecular formula is C13H22N2O2S. The molecule has 2 unspecified atom stereocenters. The molecule has 1 amide bonds. The SMILES string of the molecule is CC1OCCC1N(C)C(=O)C1(C(N)=S)CCCC1. The van der Waals surface area contributed by atoms with Crippen LogP contribution in [0, 0.1) is 5.41 Å². The summed E-state index contributed by atoms with van der Waals surface area (Å²) in [4.78, 5) is 14.9. The van der Waals surface area contributed by atoms with Gasteiger partial charge in [-0.3, -0.25) is 4.79 Å². The highest BCUT2D eigenvalue weighted by atomic mass is 32.1. The first-order chi connectivity index (χ1) is 8.49. The molecule has 5 heteroatoms. The van der Waals surface area contributed by atoms with Gasteiger partial charge in [-0.25, -0.2) is 0 Å². The minimum absolute atomic E-state index is 0.0925. The van der Waals surface area contributed by atoms with Gasteiger partial charge in [-0.2, -0.15) is 0 Å². The number of likely N-dealkylation sites (N-methyl/N-ethyl adjacent to an activating group) is 1. The second kappa shape index (κ2) is 5.13. The summed E-state index contributed by atoms with van der Waals surface area (Å²) >= 11 is 5.17. The molecule has 0 radical (unpaired) electrons. The molecular weight excluding hydrogens is 248 g/mol. The summed E-state index contributed by atoms with van der Waals surface area (Å²) < 4.78 is 5.53. The Hall–Kier alpha value is -0.680. The highest BCUT2D eigenvalue weighted by Gasteiger charge is 2.47. The number of rotatable bonds is 3. The number of hydrogen-bond donors (Lipinski definition) is 1. The van der Waals surface area contributed by atoms with Crippen molar-refractivity contribution >= 4 is 23.1 Å². The van der Waals surface area contributed by atoms with E-state index >= 15 is 0 Å². The molecule has 0 spiro atoms. The van der Waals surface area contributed by atoms with Crippen LogP contribution < -0.4 is 5.73 Å². The van der Waals surface area contributed by atoms with Gasteiger partial charge in [-0.1, -0.05) is 25.1 Å². The molecule has 1 heterocycles. The predicted octanol–water partition coefficient (Wildman–Crippen LogP) is 1.47. The average molecular weight is 270 g/mol. The van der Waals surface area contributed by atoms with Crippen molar-refractivity contribution in [2.24, 2.45) is 11.1 Å². The van der Waals surface area contributed by atoms with Crippen LogP contribution in [-0.4, -0.2) is 41.6 Å². The minimum atomic E-state index is -0.591. The zero-order valence-corrected chi connectivity index (χ0v) is 12.0. The van der Waals surface area contributed by atoms with Crippen molar-refractivity contribution in [3.05, 3.63) is 0 Å². The Morgan fingerprint density at radius 1 is 1.44 bits per heavy atom. The normalized spacial score (nSPS) is 30.3. The Labute approximate surface area is 114 Å². The van der Waals surface area contributed by atoms with Crippen LogP contribution in [0.2, 0.25) is 0 Å². The van der Waals surface area contributed by atoms with E-state index in [0.717, 1.165) is 38.7 Å². The van der Waals surface area contributed by atoms with Crippen molar-refractivity contribution in [2.75, 3.05) is 13.7 Å². The number of thiocarbonyl (C=S) groups is 1. The second-order valence-electron chi connectivity index (χ2n) is 5.50. The molecule has 2 rings (SSSR count). The van der Waals surface area contributed by atoms with E-state index in [0.29, 0.717) is 4.99 Å². The molecule has 2 aliphatic rings. The first kappa shape index (κ1) is 13.7. The van der Waals surface area contributed by atoms with Crippen molar-refractivity contribution < 1.29 is 9.53 Å². The number of nitrogens with two attached hydrogens (primary N) is 1. The van der Waals surface area contributed by atoms with Crippen LogP contribution in [0.5, 0.6) is 0 Å². The summed E-state index contributed by atoms with van der Waals surface area (Å²) in [7, 11) is 1.86. The number of amides is 1. The molecule has 1 saturated carbocycles. The summed E-state index contributed by atoms with van der Waals surface area (Å²) in [6.07, 6.45) is 4.67. The molecule has 0 aromatic rings. The number of hydrogen-bond acceptors (Lipinski definition) is 3. The van der Waals surface area contributed by atoms with Gasteiger partial charge in [0.25, 0.3) is 0 Å². The van der Waals surface area contributed by atoms with Crippen LogP contribution in [0.15, 0.2) is 0 Å². The zero-order chi connectivity index (χ0) is 13.3. The summed E-state index contributed by atoms with van der Waals surface area (Å²) in [5, 5.41) is 0. The monoisotopic (exact) mass is 270 g/mol. The van der Waals surface area contributed by atoms with Gasteiger partial charge in [-0.15, -0.1) is 0 Å². The van der Waals surface area contributed by atoms with Crippen LogP contribution in [-0.2, 0) is 9.53 Å². The molecule has 0 aromatic heterocycles. The Morgan fingerprint density at radius 3 is 2.50 bits per heavy atom. The lowest BCUT2D eigenvalue weighted by atomic mass is 9.84. The molecule has 0 aromatic carbocycles. The van der Waals surface area contributed by atoms with Gasteiger partial charge in [0.2, 0.25) is 5.91 Å². The zero-order valence-electron chi connectivity index (χ0n) is 11.1. The summed E-state index contributed by atoms with van der Waals surface area (Å²) in [5.41, 5.74) is 5.27. The van der Waals surface area contributed by atoms with Gasteiger partial charge >= 0.3 is 0 Å². The molecule has 2 atom stereocenters. The van der Waals surface area contributed by atoms with E-state index < -0.39 is 5.41 Å². The lowest BCUT2D eigenvalue weighted by Gasteiger charge is -2.35. The molecule has 2 fully saturated rings. The van der Waals surface area contributed by atoms with Crippen molar-refractivity contribution in [1.82, 2.24) is 4.90 Å². The second-order valence-corrected chi connectivity index (χ2v) is 5.94. The smallest absolute Gasteiger partial charge is 0.235 e. The van der Waals surface area contributed by atoms with E-state index in [9.17, 15) is 4.79 Å². The first-order valence-electron chi connectivity index (χ1n) is 6.68. The van der Waals surface area contributed by atoms with Gasteiger partial charge in [0.15, 0.2) is 0 Å². The third kappa shape index (κ3) is 2.14. The maximum Gasteiger partial charge on any atom is 0.235 e. The maximum atomic E-state index is 12.7. The summed E-state index contributed by atoms with van der Waals surface area (Å²) in [6, 6.07) is 0.157. The predicted molar refractivity (Wildman–Crippen MR) is 74.3 cm³/mol. The van der Waals surface area contributed by atoms with Gasteiger partial charge in [-0.05, 0) is 26.2 Å². The number of ether oxygens (including phenoxy) is 1. The lowest BCUT2D eigenvalue weighted by Crippen LogP contribution is -2.52. The third-order valence-corrected chi connectivity index (χ3v) is 4.88. The third-order valence-electron chi connectivity index (χ3n) is 4.49. The minimum Gasteiger partial charge on any atom is -0.392 e. The fourth-order valence-corrected chi connectivity index (χ4v) is 3.55. The van der Waals surface area contributed by atoms with Crippen LogP contribution in [0.4, 0.5) is 0 Å². The van der Waals surface area contributed by atoms with Crippen LogP contribution in [0.3, 0.4) is 0 Å². The Bertz CT molecular complexity index is 353. The average Bonchev–Trinajstić information content (AvgIpc) is 2.96. The fraction of sp³-hybridized carbons (Fsp3) is 0.846. The number of carbonyl (C=O) groups excluding carboxylic acids is 1. The highest BCUT2D eigenvalue weighted by molar-refractivity contribution is 7.80. The molecule has 2 N–H and O–H groups in total. The molecule has 4 nitrogen and oxygen atoms in total. The van der Waals surface area contributed by atoms with E-state index in [-0.39, 0.29) is 18.1 Å². The molecule has 102 valence electrons. The Kier molecular flexibility index (Phi) is 3.92. The maximum absolute atomic E-state index is 12.7. The molecule has 1 aliphatic carbocycles. The molecule has 1 saturated heterocycles. The largest absolute Gasteiger partial charge is 0.392 e. The van der Waals surface area contributed by atoms with Crippen LogP contribution >= 0.6 is 12.2 Å². The number of nitrogens with zero attached hydrogens (tertiary/aromatic N) is 1. The standard InChI is InChI=1S/C13H22N2O2S/c1-9-10(5-8-17-9)15(2)12(16)13(11(14)18)6-3-4-7-13/h9-10H,3-8H2,1-2H3,(H2,14,18). The van der Waals surface area contributed by atoms with E-state index in [2.05, 4.69) is 0 Å². The van der Waals surface area contributed by atoms with Crippen molar-refractivity contribution in [3.8, 4) is 0 Å². The van der Waals surface area contributed by atoms with E-state index in [4.69, 9.17) is 22.7 Å². The van der Waals surface area contributed by atoms with Crippen molar-refractivity contribution in [2.45, 2.75) is 51.2 Å². The van der Waals surface area contributed by atoms with Crippen molar-refractivity contribution in [3.63, 3.8) is 0 Å². The quantitative estimate of drug-likeness (QED) is 0.789. The number of carbonyl (C=O) groups is 1. The first-order valence-corrected chi connectivity index (χ1v) is 7.08. The van der Waals surface area contributed by atoms with Crippen LogP contribution in [0.25, 0.3) is 0 Å². The summed E-state index contributed by atoms with van der Waals surface area (Å²) in [6.45, 7) is 2.74. The van der Waals surface area contributed by atoms with E-state index in [1.54, 1.807) is 0 Å². The summed E-state index contributed by atoms with van der Waals surface area (Å²) in [5.74, 6) is 0.0925. The van der Waals surface area contributed by atoms with Gasteiger partial charge in [0, 0.05) is 13.7 Å². The molecule has 18 heavy (non-hydrogen) atoms. The van der Waals surface area contributed by atoms with Crippen molar-refractivity contribution in [1.29, 1.82) is 0 Å². The fourth-order valence-electron chi connectivity index (χ4n) is 3.26.